The van der Waals surface area contributed by atoms with Gasteiger partial charge < -0.3 is 9.30 Å². The predicted octanol–water partition coefficient (Wildman–Crippen LogP) is 1.14. The Hall–Kier alpha value is -1.10. The normalized spacial score (nSPS) is 20.0. The Morgan fingerprint density at radius 1 is 1.56 bits per heavy atom. The molecule has 2 heterocycles. The third kappa shape index (κ3) is 2.04. The standard InChI is InChI=1S/C10H14ClN3O2/c1-16-10(15)7-2-3-8-12-13-9(6-11)14(8)5-4-7/h7H,2-6H2,1H3. The summed E-state index contributed by atoms with van der Waals surface area (Å²) in [4.78, 5) is 11.5. The van der Waals surface area contributed by atoms with Gasteiger partial charge in [-0.2, -0.15) is 0 Å². The lowest BCUT2D eigenvalue weighted by Gasteiger charge is -2.10. The zero-order chi connectivity index (χ0) is 11.5. The summed E-state index contributed by atoms with van der Waals surface area (Å²) in [5.41, 5.74) is 0. The number of halogens is 1. The second kappa shape index (κ2) is 4.82. The van der Waals surface area contributed by atoms with E-state index in [-0.39, 0.29) is 11.9 Å². The second-order valence-electron chi connectivity index (χ2n) is 3.87. The van der Waals surface area contributed by atoms with Crippen molar-refractivity contribution in [1.82, 2.24) is 14.8 Å². The van der Waals surface area contributed by atoms with Gasteiger partial charge in [0.1, 0.15) is 11.6 Å². The smallest absolute Gasteiger partial charge is 0.308 e. The fourth-order valence-corrected chi connectivity index (χ4v) is 2.25. The largest absolute Gasteiger partial charge is 0.469 e. The summed E-state index contributed by atoms with van der Waals surface area (Å²) in [6.07, 6.45) is 2.29. The zero-order valence-electron chi connectivity index (χ0n) is 9.15. The summed E-state index contributed by atoms with van der Waals surface area (Å²) < 4.78 is 6.78. The van der Waals surface area contributed by atoms with E-state index in [0.717, 1.165) is 37.5 Å². The number of fused-ring (bicyclic) bond motifs is 1. The molecule has 5 nitrogen and oxygen atoms in total. The van der Waals surface area contributed by atoms with Crippen LogP contribution in [-0.4, -0.2) is 27.8 Å². The van der Waals surface area contributed by atoms with Crippen LogP contribution in [0.5, 0.6) is 0 Å². The predicted molar refractivity (Wildman–Crippen MR) is 58.0 cm³/mol. The van der Waals surface area contributed by atoms with Crippen LogP contribution in [0.25, 0.3) is 0 Å². The van der Waals surface area contributed by atoms with E-state index in [1.54, 1.807) is 0 Å². The van der Waals surface area contributed by atoms with Crippen molar-refractivity contribution in [2.75, 3.05) is 7.11 Å². The van der Waals surface area contributed by atoms with Gasteiger partial charge in [-0.05, 0) is 12.8 Å². The number of nitrogens with zero attached hydrogens (tertiary/aromatic N) is 3. The highest BCUT2D eigenvalue weighted by molar-refractivity contribution is 6.16. The van der Waals surface area contributed by atoms with Gasteiger partial charge >= 0.3 is 5.97 Å². The summed E-state index contributed by atoms with van der Waals surface area (Å²) >= 11 is 5.77. The number of alkyl halides is 1. The summed E-state index contributed by atoms with van der Waals surface area (Å²) in [6, 6.07) is 0. The van der Waals surface area contributed by atoms with E-state index in [4.69, 9.17) is 16.3 Å². The number of carbonyl (C=O) groups is 1. The van der Waals surface area contributed by atoms with Crippen LogP contribution in [0.3, 0.4) is 0 Å². The Balaban J connectivity index is 2.13. The Bertz CT molecular complexity index is 391. The first-order valence-electron chi connectivity index (χ1n) is 5.31. The van der Waals surface area contributed by atoms with Crippen molar-refractivity contribution in [2.24, 2.45) is 5.92 Å². The fourth-order valence-electron chi connectivity index (χ4n) is 2.05. The minimum Gasteiger partial charge on any atom is -0.469 e. The topological polar surface area (TPSA) is 57.0 Å². The minimum atomic E-state index is -0.133. The molecule has 0 amide bonds. The highest BCUT2D eigenvalue weighted by atomic mass is 35.5. The molecule has 0 fully saturated rings. The van der Waals surface area contributed by atoms with Crippen molar-refractivity contribution in [1.29, 1.82) is 0 Å². The molecule has 0 aromatic carbocycles. The van der Waals surface area contributed by atoms with Gasteiger partial charge in [0, 0.05) is 13.0 Å². The molecular weight excluding hydrogens is 230 g/mol. The highest BCUT2D eigenvalue weighted by Gasteiger charge is 2.25. The Labute approximate surface area is 98.8 Å². The molecular formula is C10H14ClN3O2. The van der Waals surface area contributed by atoms with Crippen LogP contribution < -0.4 is 0 Å². The summed E-state index contributed by atoms with van der Waals surface area (Å²) in [7, 11) is 1.43. The van der Waals surface area contributed by atoms with Crippen LogP contribution in [0.2, 0.25) is 0 Å². The number of rotatable bonds is 2. The number of esters is 1. The summed E-state index contributed by atoms with van der Waals surface area (Å²) in [5.74, 6) is 1.89. The lowest BCUT2D eigenvalue weighted by molar-refractivity contribution is -0.145. The van der Waals surface area contributed by atoms with E-state index in [9.17, 15) is 4.79 Å². The molecule has 0 saturated carbocycles. The molecule has 16 heavy (non-hydrogen) atoms. The van der Waals surface area contributed by atoms with Gasteiger partial charge in [0.15, 0.2) is 0 Å². The number of aryl methyl sites for hydroxylation is 1. The van der Waals surface area contributed by atoms with Crippen molar-refractivity contribution in [3.05, 3.63) is 11.6 Å². The quantitative estimate of drug-likeness (QED) is 0.578. The van der Waals surface area contributed by atoms with E-state index in [1.807, 2.05) is 4.57 Å². The van der Waals surface area contributed by atoms with Gasteiger partial charge in [0.2, 0.25) is 0 Å². The Kier molecular flexibility index (Phi) is 3.43. The summed E-state index contributed by atoms with van der Waals surface area (Å²) in [5, 5.41) is 8.10. The molecule has 0 spiro atoms. The first-order valence-corrected chi connectivity index (χ1v) is 5.84. The maximum atomic E-state index is 11.5. The molecule has 1 aromatic heterocycles. The SMILES string of the molecule is COC(=O)C1CCc2nnc(CCl)n2CC1. The van der Waals surface area contributed by atoms with Gasteiger partial charge in [0.25, 0.3) is 0 Å². The van der Waals surface area contributed by atoms with Gasteiger partial charge in [-0.15, -0.1) is 21.8 Å². The van der Waals surface area contributed by atoms with Crippen molar-refractivity contribution >= 4 is 17.6 Å². The lowest BCUT2D eigenvalue weighted by Crippen LogP contribution is -2.17. The molecule has 1 atom stereocenters. The minimum absolute atomic E-state index is 0.0325. The van der Waals surface area contributed by atoms with Crippen LogP contribution in [0, 0.1) is 5.92 Å². The van der Waals surface area contributed by atoms with Crippen LogP contribution >= 0.6 is 11.6 Å². The number of hydrogen-bond donors (Lipinski definition) is 0. The van der Waals surface area contributed by atoms with Crippen LogP contribution in [-0.2, 0) is 28.4 Å². The van der Waals surface area contributed by atoms with Crippen LogP contribution in [0.1, 0.15) is 24.5 Å². The molecule has 1 aliphatic rings. The number of ether oxygens (including phenoxy) is 1. The van der Waals surface area contributed by atoms with Gasteiger partial charge in [-0.25, -0.2) is 0 Å². The molecule has 0 aliphatic carbocycles. The van der Waals surface area contributed by atoms with E-state index in [0.29, 0.717) is 5.88 Å². The molecule has 0 radical (unpaired) electrons. The molecule has 2 rings (SSSR count). The third-order valence-corrected chi connectivity index (χ3v) is 3.21. The Morgan fingerprint density at radius 2 is 2.38 bits per heavy atom. The first kappa shape index (κ1) is 11.4. The number of hydrogen-bond acceptors (Lipinski definition) is 4. The fraction of sp³-hybridized carbons (Fsp3) is 0.700. The lowest BCUT2D eigenvalue weighted by atomic mass is 10.0. The second-order valence-corrected chi connectivity index (χ2v) is 4.13. The van der Waals surface area contributed by atoms with Crippen molar-refractivity contribution in [3.8, 4) is 0 Å². The third-order valence-electron chi connectivity index (χ3n) is 2.98. The molecule has 0 saturated heterocycles. The maximum Gasteiger partial charge on any atom is 0.308 e. The molecule has 88 valence electrons. The monoisotopic (exact) mass is 243 g/mol. The van der Waals surface area contributed by atoms with Gasteiger partial charge in [-0.3, -0.25) is 4.79 Å². The number of methoxy groups -OCH3 is 1. The van der Waals surface area contributed by atoms with Crippen molar-refractivity contribution in [3.63, 3.8) is 0 Å². The van der Waals surface area contributed by atoms with Crippen molar-refractivity contribution < 1.29 is 9.53 Å². The average molecular weight is 244 g/mol. The molecule has 1 aliphatic heterocycles. The van der Waals surface area contributed by atoms with Gasteiger partial charge in [-0.1, -0.05) is 0 Å². The summed E-state index contributed by atoms with van der Waals surface area (Å²) in [6.45, 7) is 0.740. The number of carbonyl (C=O) groups excluding carboxylic acids is 1. The zero-order valence-corrected chi connectivity index (χ0v) is 9.90. The molecule has 0 N–H and O–H groups in total. The average Bonchev–Trinajstić information content (AvgIpc) is 2.59. The van der Waals surface area contributed by atoms with E-state index < -0.39 is 0 Å². The van der Waals surface area contributed by atoms with E-state index >= 15 is 0 Å². The van der Waals surface area contributed by atoms with Crippen molar-refractivity contribution in [2.45, 2.75) is 31.7 Å². The molecule has 1 aromatic rings. The maximum absolute atomic E-state index is 11.5. The van der Waals surface area contributed by atoms with Gasteiger partial charge in [0.05, 0.1) is 18.9 Å². The molecule has 6 heteroatoms. The number of aromatic nitrogens is 3. The Morgan fingerprint density at radius 3 is 3.06 bits per heavy atom. The highest BCUT2D eigenvalue weighted by Crippen LogP contribution is 2.21. The molecule has 0 bridgehead atoms. The first-order chi connectivity index (χ1) is 7.76. The van der Waals surface area contributed by atoms with E-state index in [1.165, 1.54) is 7.11 Å². The molecule has 1 unspecified atom stereocenters. The van der Waals surface area contributed by atoms with Crippen LogP contribution in [0.15, 0.2) is 0 Å². The van der Waals surface area contributed by atoms with E-state index in [2.05, 4.69) is 10.2 Å². The van der Waals surface area contributed by atoms with Crippen LogP contribution in [0.4, 0.5) is 0 Å².